The van der Waals surface area contributed by atoms with E-state index in [0.29, 0.717) is 12.0 Å². The van der Waals surface area contributed by atoms with E-state index in [1.54, 1.807) is 44.2 Å². The molecule has 1 aromatic rings. The molecular formula is C27H40N6O10. The third-order valence-electron chi connectivity index (χ3n) is 6.55. The molecule has 16 nitrogen and oxygen atoms in total. The Morgan fingerprint density at radius 3 is 1.88 bits per heavy atom. The van der Waals surface area contributed by atoms with Crippen LogP contribution in [0.1, 0.15) is 45.1 Å². The minimum Gasteiger partial charge on any atom is -0.481 e. The van der Waals surface area contributed by atoms with Crippen molar-refractivity contribution >= 4 is 41.5 Å². The van der Waals surface area contributed by atoms with Gasteiger partial charge in [-0.3, -0.25) is 28.8 Å². The van der Waals surface area contributed by atoms with E-state index >= 15 is 0 Å². The summed E-state index contributed by atoms with van der Waals surface area (Å²) in [6, 6.07) is 1.36. The van der Waals surface area contributed by atoms with Crippen LogP contribution < -0.4 is 32.7 Å². The molecule has 0 saturated heterocycles. The van der Waals surface area contributed by atoms with Crippen LogP contribution in [0, 0.1) is 5.92 Å². The maximum Gasteiger partial charge on any atom is 0.328 e. The fourth-order valence-electron chi connectivity index (χ4n) is 3.85. The molecule has 0 aliphatic carbocycles. The highest BCUT2D eigenvalue weighted by molar-refractivity contribution is 5.96. The highest BCUT2D eigenvalue weighted by Crippen LogP contribution is 2.11. The number of carboxylic acids is 2. The summed E-state index contributed by atoms with van der Waals surface area (Å²) in [5.74, 6) is -7.70. The molecule has 0 bridgehead atoms. The predicted octanol–water partition coefficient (Wildman–Crippen LogP) is -2.64. The molecule has 0 fully saturated rings. The Balaban J connectivity index is 3.29. The van der Waals surface area contributed by atoms with Crippen LogP contribution in [0.2, 0.25) is 0 Å². The first-order chi connectivity index (χ1) is 20.2. The largest absolute Gasteiger partial charge is 0.481 e. The van der Waals surface area contributed by atoms with Crippen molar-refractivity contribution in [3.05, 3.63) is 35.9 Å². The van der Waals surface area contributed by atoms with Gasteiger partial charge in [0.2, 0.25) is 29.5 Å². The van der Waals surface area contributed by atoms with Crippen LogP contribution >= 0.6 is 0 Å². The SMILES string of the molecule is CC[C@H](C)[C@H](NC(=O)[C@H](Cc1ccccc1)NC(=O)[C@H](CCC(N)=O)NC(=O)[C@@H](N)CC(=O)O)C(=O)N[C@@H](CO)C(=O)O. The third-order valence-corrected chi connectivity index (χ3v) is 6.55. The molecular weight excluding hydrogens is 568 g/mol. The van der Waals surface area contributed by atoms with Crippen molar-refractivity contribution in [3.8, 4) is 0 Å². The van der Waals surface area contributed by atoms with Gasteiger partial charge in [0.1, 0.15) is 24.2 Å². The zero-order valence-electron chi connectivity index (χ0n) is 23.9. The summed E-state index contributed by atoms with van der Waals surface area (Å²) < 4.78 is 0. The monoisotopic (exact) mass is 608 g/mol. The van der Waals surface area contributed by atoms with Gasteiger partial charge in [-0.1, -0.05) is 50.6 Å². The fourth-order valence-corrected chi connectivity index (χ4v) is 3.85. The summed E-state index contributed by atoms with van der Waals surface area (Å²) in [5, 5.41) is 36.9. The van der Waals surface area contributed by atoms with Gasteiger partial charge in [-0.15, -0.1) is 0 Å². The van der Waals surface area contributed by atoms with Crippen molar-refractivity contribution in [1.82, 2.24) is 21.3 Å². The molecule has 0 aromatic heterocycles. The maximum atomic E-state index is 13.5. The lowest BCUT2D eigenvalue weighted by molar-refractivity contribution is -0.143. The van der Waals surface area contributed by atoms with Gasteiger partial charge in [0, 0.05) is 12.8 Å². The molecule has 6 atom stereocenters. The van der Waals surface area contributed by atoms with Crippen LogP contribution in [0.3, 0.4) is 0 Å². The summed E-state index contributed by atoms with van der Waals surface area (Å²) in [7, 11) is 0. The second-order valence-corrected chi connectivity index (χ2v) is 9.98. The average molecular weight is 609 g/mol. The van der Waals surface area contributed by atoms with Crippen LogP contribution in [-0.4, -0.2) is 93.6 Å². The molecule has 0 unspecified atom stereocenters. The molecule has 1 aromatic carbocycles. The minimum absolute atomic E-state index is 0.0728. The number of primary amides is 1. The highest BCUT2D eigenvalue weighted by Gasteiger charge is 2.34. The van der Waals surface area contributed by atoms with Gasteiger partial charge in [-0.05, 0) is 17.9 Å². The van der Waals surface area contributed by atoms with Gasteiger partial charge in [0.15, 0.2) is 0 Å². The number of hydrogen-bond donors (Lipinski definition) is 9. The molecule has 0 radical (unpaired) electrons. The molecule has 43 heavy (non-hydrogen) atoms. The third kappa shape index (κ3) is 12.9. The second kappa shape index (κ2) is 18.1. The van der Waals surface area contributed by atoms with Gasteiger partial charge in [0.25, 0.3) is 0 Å². The van der Waals surface area contributed by atoms with Crippen molar-refractivity contribution in [3.63, 3.8) is 0 Å². The number of aliphatic hydroxyl groups excluding tert-OH is 1. The first-order valence-corrected chi connectivity index (χ1v) is 13.5. The van der Waals surface area contributed by atoms with Crippen LogP contribution in [-0.2, 0) is 40.0 Å². The molecule has 238 valence electrons. The summed E-state index contributed by atoms with van der Waals surface area (Å²) in [6.07, 6.45) is -1.04. The van der Waals surface area contributed by atoms with E-state index in [1.165, 1.54) is 0 Å². The number of nitrogens with two attached hydrogens (primary N) is 2. The van der Waals surface area contributed by atoms with E-state index in [-0.39, 0.29) is 19.3 Å². The van der Waals surface area contributed by atoms with E-state index in [4.69, 9.17) is 16.6 Å². The van der Waals surface area contributed by atoms with Crippen molar-refractivity contribution in [2.45, 2.75) is 76.2 Å². The number of hydrogen-bond acceptors (Lipinski definition) is 9. The van der Waals surface area contributed by atoms with E-state index in [1.807, 2.05) is 0 Å². The zero-order valence-corrected chi connectivity index (χ0v) is 23.9. The average Bonchev–Trinajstić information content (AvgIpc) is 2.95. The quantitative estimate of drug-likeness (QED) is 0.0782. The Morgan fingerprint density at radius 1 is 0.814 bits per heavy atom. The van der Waals surface area contributed by atoms with Crippen LogP contribution in [0.4, 0.5) is 0 Å². The number of carboxylic acid groups (broad SMARTS) is 2. The summed E-state index contributed by atoms with van der Waals surface area (Å²) >= 11 is 0. The Bertz CT molecular complexity index is 1150. The predicted molar refractivity (Wildman–Crippen MR) is 151 cm³/mol. The van der Waals surface area contributed by atoms with Gasteiger partial charge in [-0.2, -0.15) is 0 Å². The molecule has 0 saturated carbocycles. The molecule has 16 heteroatoms. The Kier molecular flexibility index (Phi) is 15.3. The maximum absolute atomic E-state index is 13.5. The first-order valence-electron chi connectivity index (χ1n) is 13.5. The number of rotatable bonds is 19. The number of benzene rings is 1. The van der Waals surface area contributed by atoms with Gasteiger partial charge in [-0.25, -0.2) is 4.79 Å². The van der Waals surface area contributed by atoms with E-state index in [2.05, 4.69) is 21.3 Å². The number of amides is 5. The summed E-state index contributed by atoms with van der Waals surface area (Å²) in [4.78, 5) is 85.9. The van der Waals surface area contributed by atoms with Gasteiger partial charge in [0.05, 0.1) is 19.1 Å². The lowest BCUT2D eigenvalue weighted by atomic mass is 9.96. The molecule has 0 aliphatic rings. The lowest BCUT2D eigenvalue weighted by Gasteiger charge is -2.28. The fraction of sp³-hybridized carbons (Fsp3) is 0.519. The summed E-state index contributed by atoms with van der Waals surface area (Å²) in [6.45, 7) is 2.49. The van der Waals surface area contributed by atoms with E-state index in [0.717, 1.165) is 0 Å². The van der Waals surface area contributed by atoms with E-state index in [9.17, 15) is 43.8 Å². The zero-order chi connectivity index (χ0) is 32.7. The standard InChI is InChI=1S/C27H40N6O10/c1-3-14(2)22(26(41)32-19(13-34)27(42)43)33-25(40)18(11-15-7-5-4-6-8-15)31-24(39)17(9-10-20(29)35)30-23(38)16(28)12-21(36)37/h4-8,14,16-19,22,34H,3,9-13,28H2,1-2H3,(H2,29,35)(H,30,38)(H,31,39)(H,32,41)(H,33,40)(H,36,37)(H,42,43)/t14-,16-,17-,18-,19-,22-/m0/s1. The molecule has 0 spiro atoms. The first kappa shape index (κ1) is 36.5. The topological polar surface area (TPSA) is 280 Å². The van der Waals surface area contributed by atoms with E-state index < -0.39 is 90.6 Å². The van der Waals surface area contributed by atoms with Crippen LogP contribution in [0.15, 0.2) is 30.3 Å². The Labute approximate surface area is 247 Å². The molecule has 1 rings (SSSR count). The van der Waals surface area contributed by atoms with Crippen molar-refractivity contribution in [2.75, 3.05) is 6.61 Å². The number of nitrogens with one attached hydrogen (secondary N) is 4. The molecule has 0 heterocycles. The number of carbonyl (C=O) groups excluding carboxylic acids is 5. The number of aliphatic carboxylic acids is 2. The lowest BCUT2D eigenvalue weighted by Crippen LogP contribution is -2.60. The van der Waals surface area contributed by atoms with Crippen molar-refractivity contribution in [1.29, 1.82) is 0 Å². The minimum atomic E-state index is -1.61. The smallest absolute Gasteiger partial charge is 0.328 e. The molecule has 0 aliphatic heterocycles. The van der Waals surface area contributed by atoms with Crippen molar-refractivity contribution in [2.24, 2.45) is 17.4 Å². The Hall–Kier alpha value is -4.57. The summed E-state index contributed by atoms with van der Waals surface area (Å²) in [5.41, 5.74) is 11.4. The van der Waals surface area contributed by atoms with Crippen LogP contribution in [0.25, 0.3) is 0 Å². The molecule has 11 N–H and O–H groups in total. The van der Waals surface area contributed by atoms with Gasteiger partial charge < -0.3 is 48.1 Å². The second-order valence-electron chi connectivity index (χ2n) is 9.98. The van der Waals surface area contributed by atoms with Crippen LogP contribution in [0.5, 0.6) is 0 Å². The highest BCUT2D eigenvalue weighted by atomic mass is 16.4. The molecule has 5 amide bonds. The van der Waals surface area contributed by atoms with Crippen molar-refractivity contribution < 1.29 is 48.9 Å². The number of carbonyl (C=O) groups is 7. The van der Waals surface area contributed by atoms with Gasteiger partial charge >= 0.3 is 11.9 Å². The Morgan fingerprint density at radius 2 is 1.37 bits per heavy atom. The number of aliphatic hydroxyl groups is 1. The normalized spacial score (nSPS) is 15.0.